The Labute approximate surface area is 142 Å². The fourth-order valence-corrected chi connectivity index (χ4v) is 2.67. The maximum absolute atomic E-state index is 12.2. The molecule has 1 aliphatic heterocycles. The lowest BCUT2D eigenvalue weighted by Crippen LogP contribution is -2.37. The van der Waals surface area contributed by atoms with Crippen LogP contribution in [0.1, 0.15) is 32.8 Å². The molecule has 2 rings (SSSR count). The number of carbonyl (C=O) groups is 3. The Morgan fingerprint density at radius 2 is 1.96 bits per heavy atom. The molecule has 0 aromatic heterocycles. The Kier molecular flexibility index (Phi) is 5.95. The summed E-state index contributed by atoms with van der Waals surface area (Å²) in [5.41, 5.74) is 1.97. The average Bonchev–Trinajstić information content (AvgIpc) is 2.97. The van der Waals surface area contributed by atoms with Crippen LogP contribution in [0.25, 0.3) is 0 Å². The third-order valence-corrected chi connectivity index (χ3v) is 4.13. The van der Waals surface area contributed by atoms with Gasteiger partial charge in [-0.3, -0.25) is 14.4 Å². The van der Waals surface area contributed by atoms with Crippen LogP contribution in [0, 0.1) is 5.92 Å². The van der Waals surface area contributed by atoms with Crippen molar-refractivity contribution in [2.24, 2.45) is 5.92 Å². The molecule has 1 heterocycles. The molecule has 1 aromatic rings. The van der Waals surface area contributed by atoms with E-state index in [4.69, 9.17) is 4.74 Å². The molecular formula is C18H24N2O4. The number of carbonyl (C=O) groups excluding carboxylic acids is 3. The van der Waals surface area contributed by atoms with Crippen molar-refractivity contribution >= 4 is 23.5 Å². The Morgan fingerprint density at radius 3 is 2.54 bits per heavy atom. The molecule has 0 radical (unpaired) electrons. The lowest BCUT2D eigenvalue weighted by Gasteiger charge is -2.18. The zero-order valence-corrected chi connectivity index (χ0v) is 14.4. The van der Waals surface area contributed by atoms with Crippen LogP contribution in [0.3, 0.4) is 0 Å². The number of amides is 2. The van der Waals surface area contributed by atoms with E-state index in [2.05, 4.69) is 12.2 Å². The van der Waals surface area contributed by atoms with Gasteiger partial charge in [-0.25, -0.2) is 0 Å². The van der Waals surface area contributed by atoms with Gasteiger partial charge in [-0.05, 0) is 38.0 Å². The molecule has 6 heteroatoms. The van der Waals surface area contributed by atoms with E-state index in [1.54, 1.807) is 11.8 Å². The molecule has 0 unspecified atom stereocenters. The number of anilines is 1. The SMILES string of the molecule is CCNC(=O)[C@@H](C)OC(=O)[C@H]1CC(=O)N(c2ccc(CC)cc2)C1. The van der Waals surface area contributed by atoms with E-state index in [1.807, 2.05) is 24.3 Å². The van der Waals surface area contributed by atoms with Gasteiger partial charge >= 0.3 is 5.97 Å². The molecule has 1 aromatic carbocycles. The second-order valence-corrected chi connectivity index (χ2v) is 5.90. The highest BCUT2D eigenvalue weighted by Gasteiger charge is 2.37. The highest BCUT2D eigenvalue weighted by molar-refractivity contribution is 5.99. The fraction of sp³-hybridized carbons (Fsp3) is 0.500. The number of nitrogens with zero attached hydrogens (tertiary/aromatic N) is 1. The summed E-state index contributed by atoms with van der Waals surface area (Å²) < 4.78 is 5.19. The van der Waals surface area contributed by atoms with Crippen LogP contribution in [0.2, 0.25) is 0 Å². The number of rotatable bonds is 6. The van der Waals surface area contributed by atoms with Crippen molar-refractivity contribution < 1.29 is 19.1 Å². The van der Waals surface area contributed by atoms with Gasteiger partial charge < -0.3 is 15.0 Å². The summed E-state index contributed by atoms with van der Waals surface area (Å²) >= 11 is 0. The number of likely N-dealkylation sites (N-methyl/N-ethyl adjacent to an activating group) is 1. The van der Waals surface area contributed by atoms with E-state index >= 15 is 0 Å². The van der Waals surface area contributed by atoms with Crippen molar-refractivity contribution in [3.05, 3.63) is 29.8 Å². The minimum atomic E-state index is -0.856. The van der Waals surface area contributed by atoms with Crippen LogP contribution in [0.4, 0.5) is 5.69 Å². The number of nitrogens with one attached hydrogen (secondary N) is 1. The van der Waals surface area contributed by atoms with Gasteiger partial charge in [0.05, 0.1) is 5.92 Å². The highest BCUT2D eigenvalue weighted by Crippen LogP contribution is 2.26. The summed E-state index contributed by atoms with van der Waals surface area (Å²) in [6.07, 6.45) is 0.183. The zero-order valence-electron chi connectivity index (χ0n) is 14.4. The number of benzene rings is 1. The molecule has 1 saturated heterocycles. The van der Waals surface area contributed by atoms with E-state index in [0.717, 1.165) is 12.1 Å². The summed E-state index contributed by atoms with van der Waals surface area (Å²) in [5.74, 6) is -1.48. The van der Waals surface area contributed by atoms with Gasteiger partial charge in [0.1, 0.15) is 0 Å². The average molecular weight is 332 g/mol. The summed E-state index contributed by atoms with van der Waals surface area (Å²) in [7, 11) is 0. The van der Waals surface area contributed by atoms with Crippen molar-refractivity contribution in [2.45, 2.75) is 39.7 Å². The maximum atomic E-state index is 12.2. The predicted octanol–water partition coefficient (Wildman–Crippen LogP) is 1.67. The molecule has 0 bridgehead atoms. The summed E-state index contributed by atoms with van der Waals surface area (Å²) in [6.45, 7) is 6.15. The van der Waals surface area contributed by atoms with Gasteiger partial charge in [-0.1, -0.05) is 19.1 Å². The first-order valence-electron chi connectivity index (χ1n) is 8.33. The van der Waals surface area contributed by atoms with Gasteiger partial charge in [-0.15, -0.1) is 0 Å². The van der Waals surface area contributed by atoms with Gasteiger partial charge in [0.25, 0.3) is 5.91 Å². The van der Waals surface area contributed by atoms with Crippen molar-refractivity contribution in [3.8, 4) is 0 Å². The fourth-order valence-electron chi connectivity index (χ4n) is 2.67. The summed E-state index contributed by atoms with van der Waals surface area (Å²) in [5, 5.41) is 2.60. The van der Waals surface area contributed by atoms with E-state index in [9.17, 15) is 14.4 Å². The lowest BCUT2D eigenvalue weighted by atomic mass is 10.1. The number of aryl methyl sites for hydroxylation is 1. The molecular weight excluding hydrogens is 308 g/mol. The Hall–Kier alpha value is -2.37. The maximum Gasteiger partial charge on any atom is 0.312 e. The van der Waals surface area contributed by atoms with Gasteiger partial charge in [0.15, 0.2) is 6.10 Å². The molecule has 0 saturated carbocycles. The Morgan fingerprint density at radius 1 is 1.29 bits per heavy atom. The second-order valence-electron chi connectivity index (χ2n) is 5.90. The summed E-state index contributed by atoms with van der Waals surface area (Å²) in [6, 6.07) is 7.74. The van der Waals surface area contributed by atoms with Crippen LogP contribution < -0.4 is 10.2 Å². The monoisotopic (exact) mass is 332 g/mol. The minimum Gasteiger partial charge on any atom is -0.452 e. The second kappa shape index (κ2) is 7.95. The lowest BCUT2D eigenvalue weighted by molar-refractivity contribution is -0.158. The number of esters is 1. The third-order valence-electron chi connectivity index (χ3n) is 4.13. The molecule has 2 atom stereocenters. The van der Waals surface area contributed by atoms with Gasteiger partial charge in [0, 0.05) is 25.2 Å². The van der Waals surface area contributed by atoms with Crippen molar-refractivity contribution in [2.75, 3.05) is 18.0 Å². The van der Waals surface area contributed by atoms with Crippen LogP contribution >= 0.6 is 0 Å². The molecule has 130 valence electrons. The smallest absolute Gasteiger partial charge is 0.312 e. The normalized spacial score (nSPS) is 18.4. The zero-order chi connectivity index (χ0) is 17.7. The molecule has 1 aliphatic rings. The van der Waals surface area contributed by atoms with E-state index < -0.39 is 18.0 Å². The van der Waals surface area contributed by atoms with E-state index in [0.29, 0.717) is 6.54 Å². The Bertz CT molecular complexity index is 612. The molecule has 6 nitrogen and oxygen atoms in total. The first kappa shape index (κ1) is 18.0. The number of hydrogen-bond acceptors (Lipinski definition) is 4. The van der Waals surface area contributed by atoms with Gasteiger partial charge in [-0.2, -0.15) is 0 Å². The quantitative estimate of drug-likeness (QED) is 0.804. The largest absolute Gasteiger partial charge is 0.452 e. The highest BCUT2D eigenvalue weighted by atomic mass is 16.5. The molecule has 24 heavy (non-hydrogen) atoms. The molecule has 1 fully saturated rings. The van der Waals surface area contributed by atoms with Crippen LogP contribution in [-0.4, -0.2) is 37.0 Å². The van der Waals surface area contributed by atoms with Crippen molar-refractivity contribution in [1.29, 1.82) is 0 Å². The van der Waals surface area contributed by atoms with E-state index in [-0.39, 0.29) is 24.8 Å². The topological polar surface area (TPSA) is 75.7 Å². The number of ether oxygens (including phenoxy) is 1. The predicted molar refractivity (Wildman–Crippen MR) is 90.5 cm³/mol. The Balaban J connectivity index is 1.98. The van der Waals surface area contributed by atoms with Crippen LogP contribution in [-0.2, 0) is 25.5 Å². The minimum absolute atomic E-state index is 0.105. The van der Waals surface area contributed by atoms with Crippen molar-refractivity contribution in [3.63, 3.8) is 0 Å². The van der Waals surface area contributed by atoms with Crippen LogP contribution in [0.15, 0.2) is 24.3 Å². The standard InChI is InChI=1S/C18H24N2O4/c1-4-13-6-8-15(9-7-13)20-11-14(10-16(20)21)18(23)24-12(3)17(22)19-5-2/h6-9,12,14H,4-5,10-11H2,1-3H3,(H,19,22)/t12-,14+/m1/s1. The van der Waals surface area contributed by atoms with Crippen LogP contribution in [0.5, 0.6) is 0 Å². The van der Waals surface area contributed by atoms with Gasteiger partial charge in [0.2, 0.25) is 5.91 Å². The first-order chi connectivity index (χ1) is 11.5. The van der Waals surface area contributed by atoms with Crippen molar-refractivity contribution in [1.82, 2.24) is 5.32 Å². The molecule has 1 N–H and O–H groups in total. The third kappa shape index (κ3) is 4.13. The molecule has 0 aliphatic carbocycles. The first-order valence-corrected chi connectivity index (χ1v) is 8.33. The molecule has 0 spiro atoms. The van der Waals surface area contributed by atoms with E-state index in [1.165, 1.54) is 12.5 Å². The molecule has 2 amide bonds. The number of hydrogen-bond donors (Lipinski definition) is 1. The summed E-state index contributed by atoms with van der Waals surface area (Å²) in [4.78, 5) is 37.6.